The van der Waals surface area contributed by atoms with Gasteiger partial charge in [0.25, 0.3) is 5.91 Å². The molecule has 0 spiro atoms. The standard InChI is InChI=1S/C21H21NO3S/c1-15-5-7-16(8-6-15)21(19-4-3-13-26-19)22-20(23)14-25-18-11-9-17(24-2)10-12-18/h3-13,21H,14H2,1-2H3,(H,22,23). The molecular weight excluding hydrogens is 346 g/mol. The molecule has 0 saturated heterocycles. The highest BCUT2D eigenvalue weighted by atomic mass is 32.1. The van der Waals surface area contributed by atoms with Crippen molar-refractivity contribution in [1.29, 1.82) is 0 Å². The lowest BCUT2D eigenvalue weighted by molar-refractivity contribution is -0.123. The number of ether oxygens (including phenoxy) is 2. The molecule has 1 heterocycles. The second-order valence-electron chi connectivity index (χ2n) is 5.89. The fourth-order valence-corrected chi connectivity index (χ4v) is 3.36. The van der Waals surface area contributed by atoms with E-state index in [1.807, 2.05) is 36.6 Å². The first-order valence-electron chi connectivity index (χ1n) is 8.32. The molecule has 26 heavy (non-hydrogen) atoms. The number of nitrogens with one attached hydrogen (secondary N) is 1. The van der Waals surface area contributed by atoms with Crippen molar-refractivity contribution in [2.24, 2.45) is 0 Å². The number of aryl methyl sites for hydroxylation is 1. The van der Waals surface area contributed by atoms with Gasteiger partial charge in [0.1, 0.15) is 11.5 Å². The van der Waals surface area contributed by atoms with E-state index in [1.165, 1.54) is 5.56 Å². The van der Waals surface area contributed by atoms with Crippen LogP contribution in [0.4, 0.5) is 0 Å². The van der Waals surface area contributed by atoms with E-state index in [0.29, 0.717) is 5.75 Å². The van der Waals surface area contributed by atoms with Gasteiger partial charge in [0.2, 0.25) is 0 Å². The van der Waals surface area contributed by atoms with Gasteiger partial charge in [-0.25, -0.2) is 0 Å². The molecule has 0 aliphatic carbocycles. The summed E-state index contributed by atoms with van der Waals surface area (Å²) in [6, 6.07) is 19.2. The van der Waals surface area contributed by atoms with Gasteiger partial charge in [-0.1, -0.05) is 35.9 Å². The maximum Gasteiger partial charge on any atom is 0.258 e. The lowest BCUT2D eigenvalue weighted by atomic mass is 10.0. The van der Waals surface area contributed by atoms with Crippen LogP contribution in [-0.2, 0) is 4.79 Å². The molecule has 0 fully saturated rings. The molecule has 0 aliphatic rings. The van der Waals surface area contributed by atoms with Crippen LogP contribution < -0.4 is 14.8 Å². The third kappa shape index (κ3) is 4.64. The lowest BCUT2D eigenvalue weighted by Crippen LogP contribution is -2.32. The van der Waals surface area contributed by atoms with Crippen molar-refractivity contribution < 1.29 is 14.3 Å². The van der Waals surface area contributed by atoms with Crippen molar-refractivity contribution in [1.82, 2.24) is 5.32 Å². The van der Waals surface area contributed by atoms with Gasteiger partial charge in [0.05, 0.1) is 13.2 Å². The van der Waals surface area contributed by atoms with E-state index >= 15 is 0 Å². The normalized spacial score (nSPS) is 11.6. The molecule has 0 saturated carbocycles. The molecule has 2 aromatic carbocycles. The van der Waals surface area contributed by atoms with Crippen molar-refractivity contribution in [2.45, 2.75) is 13.0 Å². The van der Waals surface area contributed by atoms with E-state index in [0.717, 1.165) is 16.2 Å². The molecule has 1 unspecified atom stereocenters. The van der Waals surface area contributed by atoms with E-state index in [2.05, 4.69) is 17.4 Å². The third-order valence-electron chi connectivity index (χ3n) is 3.97. The van der Waals surface area contributed by atoms with Crippen molar-refractivity contribution in [3.8, 4) is 11.5 Å². The monoisotopic (exact) mass is 367 g/mol. The van der Waals surface area contributed by atoms with Crippen LogP contribution in [0, 0.1) is 6.92 Å². The Labute approximate surface area is 157 Å². The summed E-state index contributed by atoms with van der Waals surface area (Å²) in [6.45, 7) is 2.01. The van der Waals surface area contributed by atoms with Gasteiger partial charge < -0.3 is 14.8 Å². The van der Waals surface area contributed by atoms with Crippen molar-refractivity contribution >= 4 is 17.2 Å². The summed E-state index contributed by atoms with van der Waals surface area (Å²) in [7, 11) is 1.61. The largest absolute Gasteiger partial charge is 0.497 e. The molecule has 0 bridgehead atoms. The summed E-state index contributed by atoms with van der Waals surface area (Å²) in [6.07, 6.45) is 0. The topological polar surface area (TPSA) is 47.6 Å². The summed E-state index contributed by atoms with van der Waals surface area (Å²) >= 11 is 1.62. The Kier molecular flexibility index (Phi) is 5.92. The molecule has 134 valence electrons. The van der Waals surface area contributed by atoms with Crippen LogP contribution in [-0.4, -0.2) is 19.6 Å². The summed E-state index contributed by atoms with van der Waals surface area (Å²) < 4.78 is 10.7. The minimum atomic E-state index is -0.178. The molecule has 1 atom stereocenters. The Morgan fingerprint density at radius 2 is 1.73 bits per heavy atom. The Bertz CT molecular complexity index is 827. The van der Waals surface area contributed by atoms with Gasteiger partial charge in [0.15, 0.2) is 6.61 Å². The minimum Gasteiger partial charge on any atom is -0.497 e. The maximum absolute atomic E-state index is 12.4. The highest BCUT2D eigenvalue weighted by molar-refractivity contribution is 7.10. The SMILES string of the molecule is COc1ccc(OCC(=O)NC(c2ccc(C)cc2)c2cccs2)cc1. The fourth-order valence-electron chi connectivity index (χ4n) is 2.56. The van der Waals surface area contributed by atoms with E-state index in [1.54, 1.807) is 42.7 Å². The molecule has 1 amide bonds. The maximum atomic E-state index is 12.4. The Morgan fingerprint density at radius 3 is 2.35 bits per heavy atom. The molecule has 4 nitrogen and oxygen atoms in total. The second-order valence-corrected chi connectivity index (χ2v) is 6.87. The van der Waals surface area contributed by atoms with E-state index in [9.17, 15) is 4.79 Å². The molecular formula is C21H21NO3S. The molecule has 1 N–H and O–H groups in total. The average Bonchev–Trinajstić information content (AvgIpc) is 3.20. The summed E-state index contributed by atoms with van der Waals surface area (Å²) in [5.74, 6) is 1.21. The van der Waals surface area contributed by atoms with E-state index < -0.39 is 0 Å². The van der Waals surface area contributed by atoms with Crippen LogP contribution in [0.25, 0.3) is 0 Å². The summed E-state index contributed by atoms with van der Waals surface area (Å²) in [5, 5.41) is 5.08. The quantitative estimate of drug-likeness (QED) is 0.675. The number of hydrogen-bond acceptors (Lipinski definition) is 4. The second kappa shape index (κ2) is 8.54. The number of amides is 1. The fraction of sp³-hybridized carbons (Fsp3) is 0.190. The third-order valence-corrected chi connectivity index (χ3v) is 4.91. The van der Waals surface area contributed by atoms with Crippen LogP contribution in [0.2, 0.25) is 0 Å². The Hall–Kier alpha value is -2.79. The number of benzene rings is 2. The van der Waals surface area contributed by atoms with Crippen LogP contribution in [0.15, 0.2) is 66.0 Å². The summed E-state index contributed by atoms with van der Waals surface area (Å²) in [5.41, 5.74) is 2.24. The number of methoxy groups -OCH3 is 1. The molecule has 1 aromatic heterocycles. The molecule has 3 rings (SSSR count). The van der Waals surface area contributed by atoms with Crippen molar-refractivity contribution in [3.05, 3.63) is 82.0 Å². The van der Waals surface area contributed by atoms with Gasteiger partial charge >= 0.3 is 0 Å². The molecule has 5 heteroatoms. The van der Waals surface area contributed by atoms with Crippen LogP contribution in [0.3, 0.4) is 0 Å². The molecule has 0 aliphatic heterocycles. The van der Waals surface area contributed by atoms with Crippen LogP contribution >= 0.6 is 11.3 Å². The zero-order chi connectivity index (χ0) is 18.4. The number of carbonyl (C=O) groups excluding carboxylic acids is 1. The first-order valence-corrected chi connectivity index (χ1v) is 9.20. The number of rotatable bonds is 7. The highest BCUT2D eigenvalue weighted by Crippen LogP contribution is 2.26. The van der Waals surface area contributed by atoms with Crippen molar-refractivity contribution in [3.63, 3.8) is 0 Å². The zero-order valence-corrected chi connectivity index (χ0v) is 15.6. The van der Waals surface area contributed by atoms with Gasteiger partial charge in [0, 0.05) is 4.88 Å². The van der Waals surface area contributed by atoms with E-state index in [-0.39, 0.29) is 18.6 Å². The highest BCUT2D eigenvalue weighted by Gasteiger charge is 2.18. The van der Waals surface area contributed by atoms with Gasteiger partial charge in [-0.15, -0.1) is 11.3 Å². The predicted octanol–water partition coefficient (Wildman–Crippen LogP) is 4.35. The van der Waals surface area contributed by atoms with Crippen LogP contribution in [0.5, 0.6) is 11.5 Å². The number of hydrogen-bond donors (Lipinski definition) is 1. The lowest BCUT2D eigenvalue weighted by Gasteiger charge is -2.18. The number of thiophene rings is 1. The molecule has 3 aromatic rings. The average molecular weight is 367 g/mol. The zero-order valence-electron chi connectivity index (χ0n) is 14.8. The Balaban J connectivity index is 1.66. The minimum absolute atomic E-state index is 0.0416. The molecule has 0 radical (unpaired) electrons. The van der Waals surface area contributed by atoms with E-state index in [4.69, 9.17) is 9.47 Å². The Morgan fingerprint density at radius 1 is 1.04 bits per heavy atom. The summed E-state index contributed by atoms with van der Waals surface area (Å²) in [4.78, 5) is 13.5. The van der Waals surface area contributed by atoms with Crippen molar-refractivity contribution in [2.75, 3.05) is 13.7 Å². The van der Waals surface area contributed by atoms with Gasteiger partial charge in [-0.3, -0.25) is 4.79 Å². The smallest absolute Gasteiger partial charge is 0.258 e. The first-order chi connectivity index (χ1) is 12.7. The number of carbonyl (C=O) groups is 1. The first kappa shape index (κ1) is 18.0. The van der Waals surface area contributed by atoms with Crippen LogP contribution in [0.1, 0.15) is 22.0 Å². The van der Waals surface area contributed by atoms with Gasteiger partial charge in [-0.05, 0) is 48.2 Å². The predicted molar refractivity (Wildman–Crippen MR) is 104 cm³/mol. The van der Waals surface area contributed by atoms with Gasteiger partial charge in [-0.2, -0.15) is 0 Å².